The second-order valence-corrected chi connectivity index (χ2v) is 9.22. The smallest absolute Gasteiger partial charge is 0.262 e. The molecule has 8 nitrogen and oxygen atoms in total. The van der Waals surface area contributed by atoms with Gasteiger partial charge in [-0.2, -0.15) is 5.10 Å². The molecule has 0 bridgehead atoms. The quantitative estimate of drug-likeness (QED) is 0.451. The van der Waals surface area contributed by atoms with Crippen molar-refractivity contribution in [3.63, 3.8) is 0 Å². The van der Waals surface area contributed by atoms with E-state index in [0.29, 0.717) is 43.2 Å². The third kappa shape index (κ3) is 5.98. The van der Waals surface area contributed by atoms with Crippen LogP contribution in [0.25, 0.3) is 0 Å². The van der Waals surface area contributed by atoms with Crippen LogP contribution in [0.1, 0.15) is 34.1 Å². The molecular weight excluding hydrogens is 494 g/mol. The molecule has 1 aromatic heterocycles. The summed E-state index contributed by atoms with van der Waals surface area (Å²) in [6.45, 7) is 3.24. The molecule has 2 amide bonds. The zero-order valence-corrected chi connectivity index (χ0v) is 20.8. The van der Waals surface area contributed by atoms with Gasteiger partial charge in [0, 0.05) is 38.2 Å². The van der Waals surface area contributed by atoms with Crippen LogP contribution in [0.15, 0.2) is 76.4 Å². The van der Waals surface area contributed by atoms with Crippen molar-refractivity contribution >= 4 is 17.5 Å². The van der Waals surface area contributed by atoms with Crippen molar-refractivity contribution < 1.29 is 27.5 Å². The highest BCUT2D eigenvalue weighted by Crippen LogP contribution is 2.33. The normalized spacial score (nSPS) is 17.9. The summed E-state index contributed by atoms with van der Waals surface area (Å²) in [4.78, 5) is 30.7. The number of ether oxygens (including phenoxy) is 1. The second-order valence-electron chi connectivity index (χ2n) is 9.22. The Morgan fingerprint density at radius 3 is 2.50 bits per heavy atom. The Kier molecular flexibility index (Phi) is 7.90. The van der Waals surface area contributed by atoms with E-state index < -0.39 is 23.7 Å². The van der Waals surface area contributed by atoms with Crippen LogP contribution in [0.3, 0.4) is 0 Å². The van der Waals surface area contributed by atoms with Gasteiger partial charge in [0.05, 0.1) is 25.2 Å². The highest BCUT2D eigenvalue weighted by atomic mass is 19.1. The number of morpholine rings is 1. The highest BCUT2D eigenvalue weighted by Gasteiger charge is 2.36. The average Bonchev–Trinajstić information content (AvgIpc) is 3.62. The number of carbonyl (C=O) groups is 2. The molecule has 2 aliphatic heterocycles. The van der Waals surface area contributed by atoms with Gasteiger partial charge in [-0.25, -0.2) is 13.8 Å². The second kappa shape index (κ2) is 11.7. The summed E-state index contributed by atoms with van der Waals surface area (Å²) in [6.07, 6.45) is 1.90. The van der Waals surface area contributed by atoms with E-state index in [1.807, 2.05) is 0 Å². The van der Waals surface area contributed by atoms with Crippen LogP contribution in [0, 0.1) is 11.6 Å². The molecule has 1 atom stereocenters. The lowest BCUT2D eigenvalue weighted by Crippen LogP contribution is -2.46. The number of benzene rings is 2. The first kappa shape index (κ1) is 25.7. The molecule has 0 radical (unpaired) electrons. The summed E-state index contributed by atoms with van der Waals surface area (Å²) in [7, 11) is 0. The maximum Gasteiger partial charge on any atom is 0.262 e. The molecule has 38 heavy (non-hydrogen) atoms. The van der Waals surface area contributed by atoms with E-state index in [0.717, 1.165) is 13.1 Å². The Labute approximate surface area is 219 Å². The Morgan fingerprint density at radius 1 is 1.00 bits per heavy atom. The van der Waals surface area contributed by atoms with Gasteiger partial charge < -0.3 is 14.1 Å². The van der Waals surface area contributed by atoms with Crippen LogP contribution >= 0.6 is 0 Å². The lowest BCUT2D eigenvalue weighted by molar-refractivity contribution is -0.134. The number of halogens is 2. The zero-order chi connectivity index (χ0) is 26.5. The van der Waals surface area contributed by atoms with Crippen LogP contribution < -0.4 is 0 Å². The Hall–Kier alpha value is -3.89. The SMILES string of the molecule is O=C(c1cccc(F)c1)N(CCN1CCOCC1)CC(=O)N1N=C(c2ccc(F)cc2)C[C@H]1c1ccco1. The molecule has 0 N–H and O–H groups in total. The maximum absolute atomic E-state index is 13.9. The van der Waals surface area contributed by atoms with Gasteiger partial charge in [0.2, 0.25) is 0 Å². The van der Waals surface area contributed by atoms with E-state index >= 15 is 0 Å². The molecule has 5 rings (SSSR count). The summed E-state index contributed by atoms with van der Waals surface area (Å²) in [5.74, 6) is -1.19. The number of hydrogen-bond donors (Lipinski definition) is 0. The summed E-state index contributed by atoms with van der Waals surface area (Å²) in [5.41, 5.74) is 1.47. The predicted octanol–water partition coefficient (Wildman–Crippen LogP) is 3.71. The van der Waals surface area contributed by atoms with Crippen LogP contribution in [0.5, 0.6) is 0 Å². The van der Waals surface area contributed by atoms with E-state index in [-0.39, 0.29) is 24.5 Å². The van der Waals surface area contributed by atoms with E-state index in [1.54, 1.807) is 24.3 Å². The molecular formula is C28H28F2N4O4. The zero-order valence-electron chi connectivity index (χ0n) is 20.8. The number of hydrogen-bond acceptors (Lipinski definition) is 6. The molecule has 0 saturated carbocycles. The third-order valence-electron chi connectivity index (χ3n) is 6.69. The van der Waals surface area contributed by atoms with Crippen molar-refractivity contribution in [2.75, 3.05) is 45.9 Å². The number of hydrazone groups is 1. The van der Waals surface area contributed by atoms with Crippen molar-refractivity contribution in [1.82, 2.24) is 14.8 Å². The predicted molar refractivity (Wildman–Crippen MR) is 135 cm³/mol. The summed E-state index contributed by atoms with van der Waals surface area (Å²) in [6, 6.07) is 14.3. The molecule has 3 heterocycles. The van der Waals surface area contributed by atoms with Gasteiger partial charge in [-0.15, -0.1) is 0 Å². The van der Waals surface area contributed by atoms with E-state index in [4.69, 9.17) is 9.15 Å². The molecule has 1 saturated heterocycles. The number of furan rings is 1. The summed E-state index contributed by atoms with van der Waals surface area (Å²) in [5, 5.41) is 5.90. The van der Waals surface area contributed by atoms with Gasteiger partial charge in [0.25, 0.3) is 11.8 Å². The molecule has 2 aliphatic rings. The minimum atomic E-state index is -0.527. The first-order valence-electron chi connectivity index (χ1n) is 12.5. The molecule has 0 spiro atoms. The molecule has 3 aromatic rings. The Bertz CT molecular complexity index is 1290. The van der Waals surface area contributed by atoms with Crippen LogP contribution in [-0.4, -0.2) is 78.3 Å². The number of amides is 2. The largest absolute Gasteiger partial charge is 0.467 e. The number of nitrogens with zero attached hydrogens (tertiary/aromatic N) is 4. The minimum absolute atomic E-state index is 0.166. The van der Waals surface area contributed by atoms with Gasteiger partial charge >= 0.3 is 0 Å². The Balaban J connectivity index is 1.39. The molecule has 10 heteroatoms. The van der Waals surface area contributed by atoms with E-state index in [1.165, 1.54) is 52.6 Å². The fourth-order valence-corrected chi connectivity index (χ4v) is 4.64. The molecule has 0 unspecified atom stereocenters. The fourth-order valence-electron chi connectivity index (χ4n) is 4.64. The average molecular weight is 523 g/mol. The third-order valence-corrected chi connectivity index (χ3v) is 6.69. The molecule has 2 aromatic carbocycles. The lowest BCUT2D eigenvalue weighted by Gasteiger charge is -2.31. The number of rotatable bonds is 8. The minimum Gasteiger partial charge on any atom is -0.467 e. The van der Waals surface area contributed by atoms with Gasteiger partial charge in [0.1, 0.15) is 30.0 Å². The van der Waals surface area contributed by atoms with E-state index in [2.05, 4.69) is 10.0 Å². The van der Waals surface area contributed by atoms with E-state index in [9.17, 15) is 18.4 Å². The maximum atomic E-state index is 13.9. The van der Waals surface area contributed by atoms with Crippen molar-refractivity contribution in [2.24, 2.45) is 5.10 Å². The molecule has 1 fully saturated rings. The topological polar surface area (TPSA) is 78.6 Å². The lowest BCUT2D eigenvalue weighted by atomic mass is 10.0. The molecule has 198 valence electrons. The Morgan fingerprint density at radius 2 is 1.79 bits per heavy atom. The summed E-state index contributed by atoms with van der Waals surface area (Å²) < 4.78 is 38.4. The van der Waals surface area contributed by atoms with Gasteiger partial charge in [0.15, 0.2) is 0 Å². The van der Waals surface area contributed by atoms with Crippen molar-refractivity contribution in [2.45, 2.75) is 12.5 Å². The van der Waals surface area contributed by atoms with Gasteiger partial charge in [-0.3, -0.25) is 14.5 Å². The van der Waals surface area contributed by atoms with Crippen molar-refractivity contribution in [3.05, 3.63) is 95.4 Å². The van der Waals surface area contributed by atoms with Crippen LogP contribution in [-0.2, 0) is 9.53 Å². The first-order chi connectivity index (χ1) is 18.5. The van der Waals surface area contributed by atoms with Gasteiger partial charge in [-0.1, -0.05) is 18.2 Å². The van der Waals surface area contributed by atoms with Crippen molar-refractivity contribution in [1.29, 1.82) is 0 Å². The molecule has 0 aliphatic carbocycles. The fraction of sp³-hybridized carbons (Fsp3) is 0.321. The van der Waals surface area contributed by atoms with Crippen molar-refractivity contribution in [3.8, 4) is 0 Å². The van der Waals surface area contributed by atoms with Crippen LogP contribution in [0.4, 0.5) is 8.78 Å². The number of carbonyl (C=O) groups excluding carboxylic acids is 2. The van der Waals surface area contributed by atoms with Crippen LogP contribution in [0.2, 0.25) is 0 Å². The monoisotopic (exact) mass is 522 g/mol. The standard InChI is InChI=1S/C28H28F2N4O4/c29-22-8-6-20(7-9-22)24-18-25(26-5-2-14-38-26)34(31-24)27(35)19-33(11-10-32-12-15-37-16-13-32)28(36)21-3-1-4-23(30)17-21/h1-9,14,17,25H,10-13,15-16,18-19H2/t25-/m0/s1. The van der Waals surface area contributed by atoms with Gasteiger partial charge in [-0.05, 0) is 48.0 Å². The summed E-state index contributed by atoms with van der Waals surface area (Å²) >= 11 is 0. The first-order valence-corrected chi connectivity index (χ1v) is 12.5. The highest BCUT2D eigenvalue weighted by molar-refractivity contribution is 6.03.